The van der Waals surface area contributed by atoms with E-state index in [9.17, 15) is 9.90 Å². The Labute approximate surface area is 124 Å². The van der Waals surface area contributed by atoms with Gasteiger partial charge < -0.3 is 5.11 Å². The molecule has 2 aromatic rings. The number of likely N-dealkylation sites (tertiary alicyclic amines) is 1. The Morgan fingerprint density at radius 1 is 1.05 bits per heavy atom. The molecule has 21 heavy (non-hydrogen) atoms. The van der Waals surface area contributed by atoms with E-state index in [0.717, 1.165) is 0 Å². The largest absolute Gasteiger partial charge is 0.481 e. The highest BCUT2D eigenvalue weighted by Crippen LogP contribution is 2.38. The average Bonchev–Trinajstić information content (AvgIpc) is 2.51. The summed E-state index contributed by atoms with van der Waals surface area (Å²) in [5.41, 5.74) is 2.42. The average molecular weight is 281 g/mol. The number of nitrogens with zero attached hydrogens (tertiary/aromatic N) is 1. The van der Waals surface area contributed by atoms with Crippen molar-refractivity contribution in [2.45, 2.75) is 19.0 Å². The first-order valence-electron chi connectivity index (χ1n) is 7.27. The maximum Gasteiger partial charge on any atom is 0.309 e. The van der Waals surface area contributed by atoms with Gasteiger partial charge in [0.2, 0.25) is 0 Å². The second kappa shape index (κ2) is 5.70. The molecule has 0 amide bonds. The minimum atomic E-state index is -0.696. The molecule has 1 N–H and O–H groups in total. The van der Waals surface area contributed by atoms with Crippen molar-refractivity contribution in [3.63, 3.8) is 0 Å². The molecule has 2 atom stereocenters. The lowest BCUT2D eigenvalue weighted by Crippen LogP contribution is -2.58. The third kappa shape index (κ3) is 2.57. The lowest BCUT2D eigenvalue weighted by molar-refractivity contribution is -0.153. The van der Waals surface area contributed by atoms with Crippen LogP contribution in [0.5, 0.6) is 0 Å². The lowest BCUT2D eigenvalue weighted by atomic mass is 9.84. The highest BCUT2D eigenvalue weighted by Gasteiger charge is 2.44. The van der Waals surface area contributed by atoms with Crippen LogP contribution in [0.15, 0.2) is 60.7 Å². The molecular weight excluding hydrogens is 262 g/mol. The van der Waals surface area contributed by atoms with Gasteiger partial charge in [-0.2, -0.15) is 0 Å². The highest BCUT2D eigenvalue weighted by atomic mass is 16.4. The molecule has 0 saturated carbocycles. The number of hydrogen-bond donors (Lipinski definition) is 1. The van der Waals surface area contributed by atoms with Crippen LogP contribution in [0.25, 0.3) is 0 Å². The fourth-order valence-corrected chi connectivity index (χ4v) is 3.11. The summed E-state index contributed by atoms with van der Waals surface area (Å²) in [5, 5.41) is 9.22. The second-order valence-corrected chi connectivity index (χ2v) is 5.61. The number of carboxylic acid groups (broad SMARTS) is 1. The van der Waals surface area contributed by atoms with Gasteiger partial charge in [-0.1, -0.05) is 60.7 Å². The maximum absolute atomic E-state index is 11.2. The van der Waals surface area contributed by atoms with E-state index in [1.165, 1.54) is 11.1 Å². The number of benzene rings is 2. The molecule has 1 saturated heterocycles. The van der Waals surface area contributed by atoms with E-state index in [1.807, 2.05) is 43.3 Å². The molecule has 108 valence electrons. The van der Waals surface area contributed by atoms with Crippen molar-refractivity contribution in [3.8, 4) is 0 Å². The first kappa shape index (κ1) is 13.8. The fraction of sp³-hybridized carbons (Fsp3) is 0.278. The van der Waals surface area contributed by atoms with Crippen LogP contribution in [0.2, 0.25) is 0 Å². The molecule has 3 nitrogen and oxygen atoms in total. The molecule has 2 aromatic carbocycles. The zero-order valence-corrected chi connectivity index (χ0v) is 12.0. The summed E-state index contributed by atoms with van der Waals surface area (Å²) in [6.45, 7) is 2.60. The van der Waals surface area contributed by atoms with E-state index in [-0.39, 0.29) is 18.0 Å². The van der Waals surface area contributed by atoms with Gasteiger partial charge in [-0.15, -0.1) is 0 Å². The van der Waals surface area contributed by atoms with Crippen molar-refractivity contribution in [1.29, 1.82) is 0 Å². The zero-order valence-electron chi connectivity index (χ0n) is 12.0. The fourth-order valence-electron chi connectivity index (χ4n) is 3.11. The molecular formula is C18H19NO2. The Morgan fingerprint density at radius 3 is 1.90 bits per heavy atom. The van der Waals surface area contributed by atoms with E-state index >= 15 is 0 Å². The Hall–Kier alpha value is -2.13. The Bertz CT molecular complexity index is 572. The summed E-state index contributed by atoms with van der Waals surface area (Å²) >= 11 is 0. The molecule has 0 aliphatic carbocycles. The molecule has 1 fully saturated rings. The van der Waals surface area contributed by atoms with E-state index < -0.39 is 5.97 Å². The van der Waals surface area contributed by atoms with Crippen LogP contribution in [0.4, 0.5) is 0 Å². The van der Waals surface area contributed by atoms with E-state index in [0.29, 0.717) is 6.54 Å². The highest BCUT2D eigenvalue weighted by molar-refractivity contribution is 5.72. The van der Waals surface area contributed by atoms with Crippen molar-refractivity contribution in [2.75, 3.05) is 6.54 Å². The number of carboxylic acids is 1. The van der Waals surface area contributed by atoms with Crippen molar-refractivity contribution >= 4 is 5.97 Å². The summed E-state index contributed by atoms with van der Waals surface area (Å²) in [4.78, 5) is 13.5. The zero-order chi connectivity index (χ0) is 14.8. The summed E-state index contributed by atoms with van der Waals surface area (Å²) in [6, 6.07) is 20.7. The third-order valence-corrected chi connectivity index (χ3v) is 4.39. The number of carbonyl (C=O) groups is 1. The molecule has 0 unspecified atom stereocenters. The molecule has 1 aliphatic heterocycles. The van der Waals surface area contributed by atoms with Gasteiger partial charge in [0, 0.05) is 12.6 Å². The summed E-state index contributed by atoms with van der Waals surface area (Å²) < 4.78 is 0. The molecule has 1 aliphatic rings. The van der Waals surface area contributed by atoms with Gasteiger partial charge in [0.15, 0.2) is 0 Å². The number of rotatable bonds is 4. The monoisotopic (exact) mass is 281 g/mol. The maximum atomic E-state index is 11.2. The lowest BCUT2D eigenvalue weighted by Gasteiger charge is -2.49. The molecule has 0 radical (unpaired) electrons. The van der Waals surface area contributed by atoms with Crippen LogP contribution in [0.1, 0.15) is 24.1 Å². The first-order valence-corrected chi connectivity index (χ1v) is 7.27. The predicted molar refractivity (Wildman–Crippen MR) is 82.0 cm³/mol. The van der Waals surface area contributed by atoms with Gasteiger partial charge in [0.1, 0.15) is 0 Å². The molecule has 0 bridgehead atoms. The Morgan fingerprint density at radius 2 is 1.52 bits per heavy atom. The molecule has 0 spiro atoms. The van der Waals surface area contributed by atoms with Gasteiger partial charge in [-0.3, -0.25) is 9.69 Å². The van der Waals surface area contributed by atoms with Gasteiger partial charge in [0.05, 0.1) is 12.0 Å². The standard InChI is InChI=1S/C18H19NO2/c1-13-16(18(20)21)12-19(13)17(14-8-4-2-5-9-14)15-10-6-3-7-11-15/h2-11,13,16-17H,12H2,1H3,(H,20,21)/t13-,16-/m0/s1. The topological polar surface area (TPSA) is 40.5 Å². The molecule has 0 aromatic heterocycles. The number of aliphatic carboxylic acids is 1. The second-order valence-electron chi connectivity index (χ2n) is 5.61. The van der Waals surface area contributed by atoms with Crippen LogP contribution in [-0.2, 0) is 4.79 Å². The molecule has 3 rings (SSSR count). The van der Waals surface area contributed by atoms with Crippen molar-refractivity contribution in [2.24, 2.45) is 5.92 Å². The normalized spacial score (nSPS) is 22.0. The van der Waals surface area contributed by atoms with Crippen LogP contribution in [0.3, 0.4) is 0 Å². The smallest absolute Gasteiger partial charge is 0.309 e. The first-order chi connectivity index (χ1) is 10.2. The van der Waals surface area contributed by atoms with Crippen LogP contribution < -0.4 is 0 Å². The van der Waals surface area contributed by atoms with Crippen molar-refractivity contribution in [3.05, 3.63) is 71.8 Å². The molecule has 1 heterocycles. The number of hydrogen-bond acceptors (Lipinski definition) is 2. The van der Waals surface area contributed by atoms with Gasteiger partial charge in [0.25, 0.3) is 0 Å². The minimum absolute atomic E-state index is 0.0490. The van der Waals surface area contributed by atoms with E-state index in [1.54, 1.807) is 0 Å². The SMILES string of the molecule is C[C@H]1[C@@H](C(=O)O)CN1C(c1ccccc1)c1ccccc1. The predicted octanol–water partition coefficient (Wildman–Crippen LogP) is 3.18. The van der Waals surface area contributed by atoms with Crippen LogP contribution >= 0.6 is 0 Å². The van der Waals surface area contributed by atoms with Crippen molar-refractivity contribution < 1.29 is 9.90 Å². The molecule has 3 heteroatoms. The van der Waals surface area contributed by atoms with Gasteiger partial charge in [-0.25, -0.2) is 0 Å². The quantitative estimate of drug-likeness (QED) is 0.935. The van der Waals surface area contributed by atoms with Crippen LogP contribution in [0, 0.1) is 5.92 Å². The summed E-state index contributed by atoms with van der Waals surface area (Å²) in [5.74, 6) is -0.960. The van der Waals surface area contributed by atoms with E-state index in [2.05, 4.69) is 29.2 Å². The summed E-state index contributed by atoms with van der Waals surface area (Å²) in [7, 11) is 0. The van der Waals surface area contributed by atoms with Gasteiger partial charge >= 0.3 is 5.97 Å². The van der Waals surface area contributed by atoms with Gasteiger partial charge in [-0.05, 0) is 18.1 Å². The Kier molecular flexibility index (Phi) is 3.76. The Balaban J connectivity index is 1.94. The van der Waals surface area contributed by atoms with Crippen molar-refractivity contribution in [1.82, 2.24) is 4.90 Å². The van der Waals surface area contributed by atoms with E-state index in [4.69, 9.17) is 0 Å². The summed E-state index contributed by atoms with van der Waals surface area (Å²) in [6.07, 6.45) is 0. The third-order valence-electron chi connectivity index (χ3n) is 4.39. The minimum Gasteiger partial charge on any atom is -0.481 e. The van der Waals surface area contributed by atoms with Crippen LogP contribution in [-0.4, -0.2) is 28.6 Å².